The van der Waals surface area contributed by atoms with Crippen molar-refractivity contribution in [1.82, 2.24) is 9.78 Å². The van der Waals surface area contributed by atoms with Gasteiger partial charge in [-0.25, -0.2) is 0 Å². The van der Waals surface area contributed by atoms with Crippen molar-refractivity contribution in [2.45, 2.75) is 89.4 Å². The number of hydrogen-bond acceptors (Lipinski definition) is 5. The Bertz CT molecular complexity index is 911. The molecule has 6 nitrogen and oxygen atoms in total. The molecule has 2 N–H and O–H groups in total. The van der Waals surface area contributed by atoms with Crippen LogP contribution >= 0.6 is 0 Å². The van der Waals surface area contributed by atoms with E-state index in [0.29, 0.717) is 36.5 Å². The molecule has 33 heavy (non-hydrogen) atoms. The van der Waals surface area contributed by atoms with Gasteiger partial charge in [0, 0.05) is 25.8 Å². The van der Waals surface area contributed by atoms with Crippen LogP contribution in [0.25, 0.3) is 0 Å². The van der Waals surface area contributed by atoms with Crippen molar-refractivity contribution in [2.75, 3.05) is 13.7 Å². The van der Waals surface area contributed by atoms with Gasteiger partial charge < -0.3 is 14.9 Å². The van der Waals surface area contributed by atoms with E-state index in [1.54, 1.807) is 19.5 Å². The lowest BCUT2D eigenvalue weighted by molar-refractivity contribution is -0.165. The number of aliphatic hydroxyl groups is 2. The summed E-state index contributed by atoms with van der Waals surface area (Å²) in [6, 6.07) is 2.15. The summed E-state index contributed by atoms with van der Waals surface area (Å²) in [5, 5.41) is 36.6. The Morgan fingerprint density at radius 3 is 2.67 bits per heavy atom. The van der Waals surface area contributed by atoms with Crippen LogP contribution in [0, 0.1) is 52.3 Å². The molecule has 0 spiro atoms. The van der Waals surface area contributed by atoms with E-state index >= 15 is 0 Å². The molecular weight excluding hydrogens is 414 g/mol. The zero-order chi connectivity index (χ0) is 23.4. The minimum absolute atomic E-state index is 0.0584. The molecule has 1 heterocycles. The number of methoxy groups -OCH3 is 1. The van der Waals surface area contributed by atoms with Gasteiger partial charge in [0.15, 0.2) is 0 Å². The average molecular weight is 456 g/mol. The quantitative estimate of drug-likeness (QED) is 0.696. The fourth-order valence-electron chi connectivity index (χ4n) is 9.18. The van der Waals surface area contributed by atoms with Crippen molar-refractivity contribution in [3.8, 4) is 6.07 Å². The summed E-state index contributed by atoms with van der Waals surface area (Å²) in [5.41, 5.74) is -0.806. The molecule has 9 atom stereocenters. The van der Waals surface area contributed by atoms with Crippen molar-refractivity contribution in [3.63, 3.8) is 0 Å². The topological polar surface area (TPSA) is 91.3 Å². The van der Waals surface area contributed by atoms with Gasteiger partial charge in [0.05, 0.1) is 29.6 Å². The van der Waals surface area contributed by atoms with Crippen molar-refractivity contribution in [1.29, 1.82) is 5.26 Å². The number of nitrogens with zero attached hydrogens (tertiary/aromatic N) is 3. The minimum Gasteiger partial charge on any atom is -0.389 e. The third-order valence-electron chi connectivity index (χ3n) is 10.8. The van der Waals surface area contributed by atoms with Gasteiger partial charge in [0.1, 0.15) is 6.07 Å². The number of hydrogen-bond donors (Lipinski definition) is 2. The SMILES string of the molecule is COC[C@@]1(O)CC[C@H]2[C@H](CC[C@@H]3[C@@H]2CC[C@@]2(C)[C@H]3CC[C@]2(O)[C@@H](C)Cn2cc(C#N)cn2)C1. The Balaban J connectivity index is 1.31. The molecule has 1 aromatic heterocycles. The lowest BCUT2D eigenvalue weighted by atomic mass is 9.48. The van der Waals surface area contributed by atoms with Crippen molar-refractivity contribution in [3.05, 3.63) is 18.0 Å². The van der Waals surface area contributed by atoms with E-state index in [2.05, 4.69) is 25.0 Å². The standard InChI is InChI=1S/C27H41N3O3/c1-18(15-30-16-19(13-28)14-29-30)27(32)11-8-24-23-5-4-20-12-26(31,17-33-3)10-7-21(20)22(23)6-9-25(24,27)2/h14,16,18,20-24,31-32H,4-12,15,17H2,1-3H3/t18-,20+,21-,22+,23+,24-,25-,26+,27-/m0/s1. The Hall–Kier alpha value is -1.42. The molecule has 4 aliphatic rings. The Labute approximate surface area is 198 Å². The molecule has 4 saturated carbocycles. The van der Waals surface area contributed by atoms with E-state index in [4.69, 9.17) is 10.00 Å². The molecule has 0 aliphatic heterocycles. The fourth-order valence-corrected chi connectivity index (χ4v) is 9.18. The molecule has 0 saturated heterocycles. The molecular formula is C27H41N3O3. The average Bonchev–Trinajstić information content (AvgIpc) is 3.35. The summed E-state index contributed by atoms with van der Waals surface area (Å²) in [7, 11) is 1.69. The summed E-state index contributed by atoms with van der Waals surface area (Å²) in [6.45, 7) is 5.65. The normalized spacial score (nSPS) is 45.5. The molecule has 1 aromatic rings. The first kappa shape index (κ1) is 23.3. The van der Waals surface area contributed by atoms with E-state index in [-0.39, 0.29) is 11.3 Å². The summed E-state index contributed by atoms with van der Waals surface area (Å²) < 4.78 is 7.17. The zero-order valence-corrected chi connectivity index (χ0v) is 20.5. The Morgan fingerprint density at radius 2 is 1.94 bits per heavy atom. The predicted molar refractivity (Wildman–Crippen MR) is 125 cm³/mol. The maximum atomic E-state index is 12.1. The fraction of sp³-hybridized carbons (Fsp3) is 0.852. The van der Waals surface area contributed by atoms with Gasteiger partial charge in [-0.3, -0.25) is 4.68 Å². The van der Waals surface area contributed by atoms with Crippen LogP contribution in [0.1, 0.15) is 77.2 Å². The summed E-state index contributed by atoms with van der Waals surface area (Å²) >= 11 is 0. The molecule has 0 unspecified atom stereocenters. The summed E-state index contributed by atoms with van der Waals surface area (Å²) in [4.78, 5) is 0. The molecule has 4 aliphatic carbocycles. The lowest BCUT2D eigenvalue weighted by Gasteiger charge is -2.59. The maximum absolute atomic E-state index is 12.1. The van der Waals surface area contributed by atoms with Gasteiger partial charge in [0.2, 0.25) is 0 Å². The molecule has 0 radical (unpaired) electrons. The van der Waals surface area contributed by atoms with E-state index in [1.807, 2.05) is 4.68 Å². The Morgan fingerprint density at radius 1 is 1.15 bits per heavy atom. The molecule has 0 amide bonds. The van der Waals surface area contributed by atoms with Crippen LogP contribution in [0.2, 0.25) is 0 Å². The highest BCUT2D eigenvalue weighted by Gasteiger charge is 2.64. The number of nitriles is 1. The summed E-state index contributed by atoms with van der Waals surface area (Å²) in [6.07, 6.45) is 13.0. The van der Waals surface area contributed by atoms with Crippen LogP contribution in [0.3, 0.4) is 0 Å². The number of aromatic nitrogens is 2. The number of fused-ring (bicyclic) bond motifs is 5. The molecule has 0 aromatic carbocycles. The van der Waals surface area contributed by atoms with Crippen LogP contribution in [0.4, 0.5) is 0 Å². The van der Waals surface area contributed by atoms with Crippen LogP contribution in [-0.2, 0) is 11.3 Å². The molecule has 4 fully saturated rings. The van der Waals surface area contributed by atoms with Crippen molar-refractivity contribution in [2.24, 2.45) is 40.9 Å². The zero-order valence-electron chi connectivity index (χ0n) is 20.5. The van der Waals surface area contributed by atoms with E-state index < -0.39 is 11.2 Å². The van der Waals surface area contributed by atoms with Crippen LogP contribution in [-0.4, -0.2) is 44.9 Å². The highest BCUT2D eigenvalue weighted by atomic mass is 16.5. The highest BCUT2D eigenvalue weighted by Crippen LogP contribution is 2.67. The van der Waals surface area contributed by atoms with Crippen molar-refractivity contribution < 1.29 is 14.9 Å². The van der Waals surface area contributed by atoms with Gasteiger partial charge in [-0.15, -0.1) is 0 Å². The smallest absolute Gasteiger partial charge is 0.102 e. The molecule has 6 heteroatoms. The first-order chi connectivity index (χ1) is 15.7. The van der Waals surface area contributed by atoms with Gasteiger partial charge in [-0.05, 0) is 92.8 Å². The lowest BCUT2D eigenvalue weighted by Crippen LogP contribution is -2.57. The van der Waals surface area contributed by atoms with Crippen LogP contribution in [0.5, 0.6) is 0 Å². The van der Waals surface area contributed by atoms with E-state index in [0.717, 1.165) is 50.4 Å². The van der Waals surface area contributed by atoms with Gasteiger partial charge in [0.25, 0.3) is 0 Å². The minimum atomic E-state index is -0.691. The second kappa shape index (κ2) is 8.36. The van der Waals surface area contributed by atoms with Gasteiger partial charge in [-0.1, -0.05) is 13.8 Å². The van der Waals surface area contributed by atoms with Crippen LogP contribution < -0.4 is 0 Å². The molecule has 5 rings (SSSR count). The first-order valence-electron chi connectivity index (χ1n) is 13.1. The Kier molecular flexibility index (Phi) is 5.91. The second-order valence-electron chi connectivity index (χ2n) is 12.2. The van der Waals surface area contributed by atoms with Gasteiger partial charge >= 0.3 is 0 Å². The predicted octanol–water partition coefficient (Wildman–Crippen LogP) is 4.15. The largest absolute Gasteiger partial charge is 0.389 e. The highest BCUT2D eigenvalue weighted by molar-refractivity contribution is 5.22. The number of rotatable bonds is 5. The van der Waals surface area contributed by atoms with Gasteiger partial charge in [-0.2, -0.15) is 10.4 Å². The molecule has 0 bridgehead atoms. The molecule has 182 valence electrons. The van der Waals surface area contributed by atoms with Crippen molar-refractivity contribution >= 4 is 0 Å². The first-order valence-corrected chi connectivity index (χ1v) is 13.1. The van der Waals surface area contributed by atoms with E-state index in [9.17, 15) is 10.2 Å². The van der Waals surface area contributed by atoms with E-state index in [1.165, 1.54) is 19.3 Å². The third-order valence-corrected chi connectivity index (χ3v) is 10.8. The second-order valence-corrected chi connectivity index (χ2v) is 12.2. The third kappa shape index (κ3) is 3.66. The van der Waals surface area contributed by atoms with Crippen LogP contribution in [0.15, 0.2) is 12.4 Å². The maximum Gasteiger partial charge on any atom is 0.102 e. The monoisotopic (exact) mass is 455 g/mol. The number of ether oxygens (including phenoxy) is 1. The summed E-state index contributed by atoms with van der Waals surface area (Å²) in [5.74, 6) is 3.47.